The Morgan fingerprint density at radius 1 is 0.548 bits per heavy atom. The molecule has 3 aliphatic carbocycles. The number of aryl methyl sites for hydroxylation is 2. The molecule has 0 aliphatic heterocycles. The highest BCUT2D eigenvalue weighted by Crippen LogP contribution is 2.50. The van der Waals surface area contributed by atoms with Gasteiger partial charge in [0, 0.05) is 10.8 Å². The Labute approximate surface area is 380 Å². The molecule has 0 amide bonds. The number of hydrogen-bond donors (Lipinski definition) is 0. The van der Waals surface area contributed by atoms with Gasteiger partial charge in [0.25, 0.3) is 0 Å². The van der Waals surface area contributed by atoms with E-state index in [2.05, 4.69) is 219 Å². The van der Waals surface area contributed by atoms with Gasteiger partial charge in [-0.3, -0.25) is 0 Å². The first-order valence-corrected chi connectivity index (χ1v) is 23.5. The van der Waals surface area contributed by atoms with Crippen LogP contribution in [0.2, 0.25) is 0 Å². The van der Waals surface area contributed by atoms with Crippen LogP contribution in [0.5, 0.6) is 0 Å². The van der Waals surface area contributed by atoms with Crippen LogP contribution in [0.3, 0.4) is 0 Å². The zero-order valence-corrected chi connectivity index (χ0v) is 41.8. The smallest absolute Gasteiger partial charge is 0.0159 e. The molecule has 0 heterocycles. The maximum Gasteiger partial charge on any atom is 0.0159 e. The standard InChI is InChI=1S/C28H26.C20H22.C6H8.4C2H6/c1-4-5-11-23(22-12-7-6-8-13-22)18-16-21-17-19-25-24-14-9-10-15-26(24)28(2,3)27(25)20-21;1-13-10-11-14(2)17(12-13)19-15(3)20(4,5)18-9-7-6-8-16(18)19;1-6-4-2-3-5-6;4*1-2/h4-20H,1-3H3;6-12H,1-5H3;2-4H,5H2,1H3;4*1-2H3/b5-4+,18-16-,23-11+;;;;;;. The second kappa shape index (κ2) is 26.1. The lowest BCUT2D eigenvalue weighted by Crippen LogP contribution is -2.15. The lowest BCUT2D eigenvalue weighted by Gasteiger charge is -2.22. The van der Waals surface area contributed by atoms with Crippen LogP contribution < -0.4 is 0 Å². The van der Waals surface area contributed by atoms with Gasteiger partial charge in [-0.1, -0.05) is 264 Å². The SMILES string of the molecule is C/C=C/C=C(\C=C/c1ccc2c(c1)C(C)(C)c1ccccc1-2)c1ccccc1.CC.CC.CC.CC.CC1=C(c2cc(C)ccc2C)c2ccccc2C1(C)C.CC1=CC=CC1. The highest BCUT2D eigenvalue weighted by atomic mass is 14.4. The second-order valence-electron chi connectivity index (χ2n) is 16.0. The van der Waals surface area contributed by atoms with Crippen molar-refractivity contribution in [2.24, 2.45) is 0 Å². The molecule has 0 nitrogen and oxygen atoms in total. The maximum atomic E-state index is 2.35. The summed E-state index contributed by atoms with van der Waals surface area (Å²) in [4.78, 5) is 0. The van der Waals surface area contributed by atoms with Crippen LogP contribution in [0.15, 0.2) is 169 Å². The van der Waals surface area contributed by atoms with E-state index in [0.717, 1.165) is 0 Å². The average molecular weight is 825 g/mol. The quantitative estimate of drug-likeness (QED) is 0.155. The van der Waals surface area contributed by atoms with E-state index < -0.39 is 0 Å². The molecule has 8 rings (SSSR count). The third kappa shape index (κ3) is 12.8. The number of benzene rings is 5. The van der Waals surface area contributed by atoms with Crippen LogP contribution in [0.1, 0.15) is 160 Å². The Morgan fingerprint density at radius 3 is 1.68 bits per heavy atom. The van der Waals surface area contributed by atoms with Gasteiger partial charge in [0.2, 0.25) is 0 Å². The van der Waals surface area contributed by atoms with Crippen molar-refractivity contribution in [1.29, 1.82) is 0 Å². The Hall–Kier alpha value is -5.46. The van der Waals surface area contributed by atoms with Crippen LogP contribution in [0.4, 0.5) is 0 Å². The van der Waals surface area contributed by atoms with Gasteiger partial charge in [-0.25, -0.2) is 0 Å². The minimum absolute atomic E-state index is 0.0405. The molecule has 3 aliphatic rings. The topological polar surface area (TPSA) is 0 Å². The Bertz CT molecular complexity index is 2330. The minimum atomic E-state index is 0.0405. The summed E-state index contributed by atoms with van der Waals surface area (Å²) in [6.07, 6.45) is 18.3. The molecular weight excluding hydrogens is 745 g/mol. The lowest BCUT2D eigenvalue weighted by atomic mass is 9.82. The molecule has 5 aromatic carbocycles. The Morgan fingerprint density at radius 2 is 1.11 bits per heavy atom. The molecule has 62 heavy (non-hydrogen) atoms. The molecule has 0 bridgehead atoms. The predicted molar refractivity (Wildman–Crippen MR) is 282 cm³/mol. The van der Waals surface area contributed by atoms with Gasteiger partial charge in [0.15, 0.2) is 0 Å². The third-order valence-corrected chi connectivity index (χ3v) is 11.4. The maximum absolute atomic E-state index is 2.35. The van der Waals surface area contributed by atoms with Crippen molar-refractivity contribution in [1.82, 2.24) is 0 Å². The van der Waals surface area contributed by atoms with E-state index in [4.69, 9.17) is 0 Å². The fourth-order valence-electron chi connectivity index (χ4n) is 7.96. The van der Waals surface area contributed by atoms with Crippen molar-refractivity contribution >= 4 is 17.2 Å². The summed E-state index contributed by atoms with van der Waals surface area (Å²) in [6.45, 7) is 36.2. The number of hydrogen-bond acceptors (Lipinski definition) is 0. The van der Waals surface area contributed by atoms with E-state index in [1.165, 1.54) is 89.9 Å². The summed E-state index contributed by atoms with van der Waals surface area (Å²) < 4.78 is 0. The highest BCUT2D eigenvalue weighted by molar-refractivity contribution is 5.90. The summed E-state index contributed by atoms with van der Waals surface area (Å²) in [6, 6.07) is 41.8. The van der Waals surface area contributed by atoms with Gasteiger partial charge in [-0.2, -0.15) is 0 Å². The van der Waals surface area contributed by atoms with Gasteiger partial charge in [0.05, 0.1) is 0 Å². The van der Waals surface area contributed by atoms with Crippen LogP contribution in [-0.4, -0.2) is 0 Å². The number of fused-ring (bicyclic) bond motifs is 4. The van der Waals surface area contributed by atoms with Crippen molar-refractivity contribution in [3.63, 3.8) is 0 Å². The fourth-order valence-corrected chi connectivity index (χ4v) is 7.96. The Kier molecular flexibility index (Phi) is 22.2. The van der Waals surface area contributed by atoms with Crippen LogP contribution >= 0.6 is 0 Å². The Balaban J connectivity index is 0.000000338. The van der Waals surface area contributed by atoms with E-state index in [9.17, 15) is 0 Å². The van der Waals surface area contributed by atoms with Crippen LogP contribution in [0, 0.1) is 13.8 Å². The molecule has 0 fully saturated rings. The first-order valence-electron chi connectivity index (χ1n) is 23.5. The van der Waals surface area contributed by atoms with E-state index in [0.29, 0.717) is 0 Å². The molecule has 0 saturated carbocycles. The summed E-state index contributed by atoms with van der Waals surface area (Å²) in [7, 11) is 0. The molecule has 0 unspecified atom stereocenters. The summed E-state index contributed by atoms with van der Waals surface area (Å²) in [5.41, 5.74) is 20.7. The molecule has 0 atom stereocenters. The predicted octanol–water partition coefficient (Wildman–Crippen LogP) is 19.1. The van der Waals surface area contributed by atoms with Crippen molar-refractivity contribution < 1.29 is 0 Å². The molecule has 0 aromatic heterocycles. The minimum Gasteiger partial charge on any atom is -0.0876 e. The normalized spacial score (nSPS) is 14.3. The monoisotopic (exact) mass is 825 g/mol. The highest BCUT2D eigenvalue weighted by Gasteiger charge is 2.36. The van der Waals surface area contributed by atoms with Crippen molar-refractivity contribution in [3.05, 3.63) is 219 Å². The number of allylic oxidation sites excluding steroid dienone is 10. The van der Waals surface area contributed by atoms with Gasteiger partial charge >= 0.3 is 0 Å². The summed E-state index contributed by atoms with van der Waals surface area (Å²) in [5.74, 6) is 0. The number of rotatable bonds is 5. The average Bonchev–Trinajstić information content (AvgIpc) is 3.95. The second-order valence-corrected chi connectivity index (χ2v) is 16.0. The van der Waals surface area contributed by atoms with Crippen molar-refractivity contribution in [2.75, 3.05) is 0 Å². The van der Waals surface area contributed by atoms with Crippen molar-refractivity contribution in [3.8, 4) is 11.1 Å². The zero-order valence-electron chi connectivity index (χ0n) is 41.8. The van der Waals surface area contributed by atoms with Crippen molar-refractivity contribution in [2.45, 2.75) is 135 Å². The van der Waals surface area contributed by atoms with E-state index >= 15 is 0 Å². The molecule has 0 spiro atoms. The molecule has 0 saturated heterocycles. The third-order valence-electron chi connectivity index (χ3n) is 11.4. The van der Waals surface area contributed by atoms with E-state index in [1.54, 1.807) is 0 Å². The zero-order chi connectivity index (χ0) is 46.5. The first kappa shape index (κ1) is 52.7. The molecule has 328 valence electrons. The molecule has 0 N–H and O–H groups in total. The lowest BCUT2D eigenvalue weighted by molar-refractivity contribution is 0.639. The summed E-state index contributed by atoms with van der Waals surface area (Å²) >= 11 is 0. The first-order chi connectivity index (χ1) is 29.9. The van der Waals surface area contributed by atoms with Gasteiger partial charge in [0.1, 0.15) is 0 Å². The van der Waals surface area contributed by atoms with E-state index in [-0.39, 0.29) is 10.8 Å². The van der Waals surface area contributed by atoms with Gasteiger partial charge < -0.3 is 0 Å². The molecule has 5 aromatic rings. The van der Waals surface area contributed by atoms with E-state index in [1.807, 2.05) is 62.3 Å². The molecule has 0 heteroatoms. The van der Waals surface area contributed by atoms with Gasteiger partial charge in [-0.05, 0) is 108 Å². The largest absolute Gasteiger partial charge is 0.0876 e. The van der Waals surface area contributed by atoms with Crippen LogP contribution in [-0.2, 0) is 10.8 Å². The molecular formula is C62H80. The molecule has 0 radical (unpaired) electrons. The fraction of sp³-hybridized carbons (Fsp3) is 0.323. The van der Waals surface area contributed by atoms with Crippen LogP contribution in [0.25, 0.3) is 28.3 Å². The van der Waals surface area contributed by atoms with Gasteiger partial charge in [-0.15, -0.1) is 0 Å². The summed E-state index contributed by atoms with van der Waals surface area (Å²) in [5, 5.41) is 0.